The van der Waals surface area contributed by atoms with E-state index in [1.54, 1.807) is 0 Å². The van der Waals surface area contributed by atoms with Gasteiger partial charge in [0.1, 0.15) is 6.35 Å². The fraction of sp³-hybridized carbons (Fsp3) is 1.00. The van der Waals surface area contributed by atoms with Crippen molar-refractivity contribution in [3.05, 3.63) is 0 Å². The van der Waals surface area contributed by atoms with Crippen molar-refractivity contribution in [3.63, 3.8) is 0 Å². The van der Waals surface area contributed by atoms with Crippen molar-refractivity contribution in [2.75, 3.05) is 19.8 Å². The minimum Gasteiger partial charge on any atom is -0.369 e. The van der Waals surface area contributed by atoms with Gasteiger partial charge in [0, 0.05) is 6.66 Å². The summed E-state index contributed by atoms with van der Waals surface area (Å²) in [7, 11) is -2.73. The summed E-state index contributed by atoms with van der Waals surface area (Å²) in [5.74, 6) is 0. The second-order valence-electron chi connectivity index (χ2n) is 3.87. The molecule has 0 fully saturated rings. The monoisotopic (exact) mass is 240 g/mol. The average Bonchev–Trinajstić information content (AvgIpc) is 2.09. The van der Waals surface area contributed by atoms with Crippen molar-refractivity contribution in [1.82, 2.24) is 0 Å². The zero-order valence-electron chi connectivity index (χ0n) is 10.1. The van der Waals surface area contributed by atoms with Crippen LogP contribution in [0.25, 0.3) is 0 Å². The van der Waals surface area contributed by atoms with E-state index in [0.29, 0.717) is 0 Å². The van der Waals surface area contributed by atoms with E-state index >= 15 is 0 Å². The third kappa shape index (κ3) is 10.4. The van der Waals surface area contributed by atoms with Crippen LogP contribution in [0.3, 0.4) is 0 Å². The smallest absolute Gasteiger partial charge is 0.227 e. The van der Waals surface area contributed by atoms with Crippen molar-refractivity contribution in [2.45, 2.75) is 39.9 Å². The molecule has 0 heterocycles. The summed E-state index contributed by atoms with van der Waals surface area (Å²) in [5, 5.41) is 0. The molecule has 0 amide bonds. The lowest BCUT2D eigenvalue weighted by Crippen LogP contribution is -2.09. The molecule has 15 heavy (non-hydrogen) atoms. The zero-order valence-corrected chi connectivity index (χ0v) is 11.0. The second kappa shape index (κ2) is 7.36. The van der Waals surface area contributed by atoms with Crippen LogP contribution in [0.1, 0.15) is 27.7 Å². The molecular formula is C9H21O5P. The maximum atomic E-state index is 11.7. The summed E-state index contributed by atoms with van der Waals surface area (Å²) < 4.78 is 21.9. The first kappa shape index (κ1) is 15.1. The second-order valence-corrected chi connectivity index (χ2v) is 6.41. The number of hydrogen-bond donors (Lipinski definition) is 0. The minimum atomic E-state index is -2.73. The van der Waals surface area contributed by atoms with Crippen LogP contribution in [-0.4, -0.2) is 32.0 Å². The molecule has 0 radical (unpaired) electrons. The Hall–Kier alpha value is 0.0700. The maximum Gasteiger partial charge on any atom is 0.227 e. The average molecular weight is 240 g/mol. The fourth-order valence-corrected chi connectivity index (χ4v) is 1.53. The van der Waals surface area contributed by atoms with Crippen LogP contribution in [0.15, 0.2) is 0 Å². The Labute approximate surface area is 91.4 Å². The van der Waals surface area contributed by atoms with E-state index in [2.05, 4.69) is 4.89 Å². The Bertz CT molecular complexity index is 205. The molecule has 0 aliphatic heterocycles. The SMILES string of the molecule is CC(C)OCP(C)(=O)OCOOC(C)C. The van der Waals surface area contributed by atoms with E-state index in [1.165, 1.54) is 6.66 Å². The molecule has 92 valence electrons. The molecule has 0 aromatic heterocycles. The molecule has 0 aliphatic carbocycles. The predicted octanol–water partition coefficient (Wildman–Crippen LogP) is 2.61. The van der Waals surface area contributed by atoms with Gasteiger partial charge in [-0.25, -0.2) is 9.78 Å². The van der Waals surface area contributed by atoms with Crippen LogP contribution in [0.2, 0.25) is 0 Å². The molecule has 1 unspecified atom stereocenters. The highest BCUT2D eigenvalue weighted by Crippen LogP contribution is 2.42. The van der Waals surface area contributed by atoms with Gasteiger partial charge in [-0.05, 0) is 27.7 Å². The summed E-state index contributed by atoms with van der Waals surface area (Å²) in [5.41, 5.74) is 0. The molecule has 0 saturated heterocycles. The van der Waals surface area contributed by atoms with Crippen molar-refractivity contribution in [2.24, 2.45) is 0 Å². The molecular weight excluding hydrogens is 219 g/mol. The van der Waals surface area contributed by atoms with Crippen LogP contribution in [0.5, 0.6) is 0 Å². The van der Waals surface area contributed by atoms with Crippen LogP contribution >= 0.6 is 7.37 Å². The quantitative estimate of drug-likeness (QED) is 0.214. The van der Waals surface area contributed by atoms with E-state index in [0.717, 1.165) is 0 Å². The Balaban J connectivity index is 3.60. The van der Waals surface area contributed by atoms with Gasteiger partial charge in [0.2, 0.25) is 7.37 Å². The highest BCUT2D eigenvalue weighted by molar-refractivity contribution is 7.57. The predicted molar refractivity (Wildman–Crippen MR) is 57.9 cm³/mol. The first-order valence-corrected chi connectivity index (χ1v) is 7.20. The van der Waals surface area contributed by atoms with Gasteiger partial charge in [0.15, 0.2) is 6.79 Å². The minimum absolute atomic E-state index is 0.0368. The Kier molecular flexibility index (Phi) is 7.40. The van der Waals surface area contributed by atoms with E-state index in [1.807, 2.05) is 27.7 Å². The number of ether oxygens (including phenoxy) is 1. The Morgan fingerprint density at radius 3 is 2.20 bits per heavy atom. The van der Waals surface area contributed by atoms with Gasteiger partial charge in [-0.15, -0.1) is 0 Å². The maximum absolute atomic E-state index is 11.7. The van der Waals surface area contributed by atoms with Crippen LogP contribution < -0.4 is 0 Å². The standard InChI is InChI=1S/C9H21O5P/c1-8(2)11-7-15(5,10)13-6-12-14-9(3)4/h8-9H,6-7H2,1-5H3. The largest absolute Gasteiger partial charge is 0.369 e. The molecule has 0 bridgehead atoms. The third-order valence-electron chi connectivity index (χ3n) is 1.28. The lowest BCUT2D eigenvalue weighted by molar-refractivity contribution is -0.342. The highest BCUT2D eigenvalue weighted by Gasteiger charge is 2.17. The van der Waals surface area contributed by atoms with E-state index in [-0.39, 0.29) is 25.3 Å². The fourth-order valence-electron chi connectivity index (χ4n) is 0.619. The summed E-state index contributed by atoms with van der Waals surface area (Å²) in [6, 6.07) is 0. The molecule has 0 N–H and O–H groups in total. The van der Waals surface area contributed by atoms with Crippen LogP contribution in [0.4, 0.5) is 0 Å². The van der Waals surface area contributed by atoms with Crippen LogP contribution in [-0.2, 0) is 23.6 Å². The van der Waals surface area contributed by atoms with Crippen molar-refractivity contribution in [3.8, 4) is 0 Å². The topological polar surface area (TPSA) is 54.0 Å². The summed E-state index contributed by atoms with van der Waals surface area (Å²) >= 11 is 0. The molecule has 0 aromatic carbocycles. The number of rotatable bonds is 8. The lowest BCUT2D eigenvalue weighted by Gasteiger charge is -2.15. The first-order valence-electron chi connectivity index (χ1n) is 4.94. The van der Waals surface area contributed by atoms with Gasteiger partial charge in [-0.1, -0.05) is 0 Å². The van der Waals surface area contributed by atoms with Gasteiger partial charge >= 0.3 is 0 Å². The van der Waals surface area contributed by atoms with E-state index in [4.69, 9.17) is 14.1 Å². The Morgan fingerprint density at radius 2 is 1.73 bits per heavy atom. The molecule has 0 rings (SSSR count). The molecule has 1 atom stereocenters. The van der Waals surface area contributed by atoms with Gasteiger partial charge < -0.3 is 4.74 Å². The van der Waals surface area contributed by atoms with Crippen molar-refractivity contribution < 1.29 is 23.6 Å². The summed E-state index contributed by atoms with van der Waals surface area (Å²) in [6.45, 7) is 8.76. The van der Waals surface area contributed by atoms with Crippen molar-refractivity contribution >= 4 is 7.37 Å². The number of hydrogen-bond acceptors (Lipinski definition) is 5. The molecule has 0 aliphatic rings. The first-order chi connectivity index (χ1) is 6.83. The van der Waals surface area contributed by atoms with Crippen molar-refractivity contribution in [1.29, 1.82) is 0 Å². The van der Waals surface area contributed by atoms with Crippen LogP contribution in [0, 0.1) is 0 Å². The molecule has 6 heteroatoms. The van der Waals surface area contributed by atoms with Gasteiger partial charge in [-0.3, -0.25) is 9.09 Å². The lowest BCUT2D eigenvalue weighted by atomic mass is 10.5. The van der Waals surface area contributed by atoms with E-state index in [9.17, 15) is 4.57 Å². The Morgan fingerprint density at radius 1 is 1.13 bits per heavy atom. The highest BCUT2D eigenvalue weighted by atomic mass is 31.2. The van der Waals surface area contributed by atoms with Gasteiger partial charge in [0.25, 0.3) is 0 Å². The molecule has 0 aromatic rings. The van der Waals surface area contributed by atoms with Gasteiger partial charge in [0.05, 0.1) is 12.2 Å². The molecule has 0 saturated carbocycles. The normalized spacial score (nSPS) is 15.9. The zero-order chi connectivity index (χ0) is 11.9. The third-order valence-corrected chi connectivity index (χ3v) is 2.55. The van der Waals surface area contributed by atoms with Gasteiger partial charge in [-0.2, -0.15) is 0 Å². The molecule has 0 spiro atoms. The summed E-state index contributed by atoms with van der Waals surface area (Å²) in [4.78, 5) is 9.46. The van der Waals surface area contributed by atoms with E-state index < -0.39 is 7.37 Å². The molecule has 5 nitrogen and oxygen atoms in total. The summed E-state index contributed by atoms with van der Waals surface area (Å²) in [6.07, 6.45) is 0.0851.